The van der Waals surface area contributed by atoms with Crippen LogP contribution in [0.4, 0.5) is 0 Å². The van der Waals surface area contributed by atoms with Crippen LogP contribution in [0.3, 0.4) is 0 Å². The molecule has 0 atom stereocenters. The Balaban J connectivity index is 3.44. The first kappa shape index (κ1) is 15.8. The molecule has 18 heavy (non-hydrogen) atoms. The lowest BCUT2D eigenvalue weighted by Crippen LogP contribution is -2.26. The Hall–Kier alpha value is -0.300. The molecule has 0 fully saturated rings. The highest BCUT2D eigenvalue weighted by Crippen LogP contribution is 2.31. The normalized spacial score (nSPS) is 11.4. The molecule has 0 saturated carbocycles. The Morgan fingerprint density at radius 3 is 2.44 bits per heavy atom. The molecular weight excluding hydrogens is 365 g/mol. The lowest BCUT2D eigenvalue weighted by Gasteiger charge is -2.16. The van der Waals surface area contributed by atoms with E-state index in [0.29, 0.717) is 6.54 Å². The van der Waals surface area contributed by atoms with Crippen LogP contribution in [0, 0.1) is 0 Å². The van der Waals surface area contributed by atoms with Gasteiger partial charge in [-0.05, 0) is 35.0 Å². The number of hydrogen-bond acceptors (Lipinski definition) is 3. The van der Waals surface area contributed by atoms with Crippen LogP contribution in [0.1, 0.15) is 17.3 Å². The molecule has 0 heterocycles. The monoisotopic (exact) mass is 373 g/mol. The number of hydrogen-bond donors (Lipinski definition) is 0. The Morgan fingerprint density at radius 2 is 2.00 bits per heavy atom. The second kappa shape index (κ2) is 5.77. The van der Waals surface area contributed by atoms with Crippen molar-refractivity contribution in [3.05, 3.63) is 27.2 Å². The molecule has 100 valence electrons. The first-order valence-corrected chi connectivity index (χ1v) is 8.35. The fraction of sp³-hybridized carbons (Fsp3) is 0.300. The van der Waals surface area contributed by atoms with Crippen LogP contribution in [0.15, 0.2) is 21.5 Å². The molecule has 1 aromatic carbocycles. The summed E-state index contributed by atoms with van der Waals surface area (Å²) in [4.78, 5) is 13.2. The van der Waals surface area contributed by atoms with Crippen molar-refractivity contribution in [1.29, 1.82) is 0 Å². The average Bonchev–Trinajstić information content (AvgIpc) is 2.25. The summed E-state index contributed by atoms with van der Waals surface area (Å²) in [5.41, 5.74) is 0.100. The lowest BCUT2D eigenvalue weighted by atomic mass is 10.2. The van der Waals surface area contributed by atoms with Crippen LogP contribution >= 0.6 is 38.2 Å². The first-order chi connectivity index (χ1) is 8.18. The summed E-state index contributed by atoms with van der Waals surface area (Å²) in [6.07, 6.45) is 0. The predicted octanol–water partition coefficient (Wildman–Crippen LogP) is 3.12. The van der Waals surface area contributed by atoms with E-state index in [-0.39, 0.29) is 25.9 Å². The van der Waals surface area contributed by atoms with E-state index < -0.39 is 9.05 Å². The van der Waals surface area contributed by atoms with Gasteiger partial charge in [0.2, 0.25) is 0 Å². The van der Waals surface area contributed by atoms with E-state index >= 15 is 0 Å². The smallest absolute Gasteiger partial charge is 0.262 e. The molecule has 0 N–H and O–H groups in total. The minimum Gasteiger partial charge on any atom is -0.342 e. The zero-order valence-electron chi connectivity index (χ0n) is 9.58. The number of rotatable bonds is 3. The number of nitrogens with zero attached hydrogens (tertiary/aromatic N) is 1. The van der Waals surface area contributed by atoms with Crippen molar-refractivity contribution >= 4 is 53.2 Å². The van der Waals surface area contributed by atoms with Crippen LogP contribution < -0.4 is 0 Å². The third-order valence-corrected chi connectivity index (χ3v) is 4.93. The Kier molecular flexibility index (Phi) is 5.05. The van der Waals surface area contributed by atoms with E-state index in [1.807, 2.05) is 0 Å². The quantitative estimate of drug-likeness (QED) is 0.763. The number of benzene rings is 1. The third-order valence-electron chi connectivity index (χ3n) is 2.34. The highest BCUT2D eigenvalue weighted by atomic mass is 79.9. The van der Waals surface area contributed by atoms with Crippen LogP contribution in [0.2, 0.25) is 5.02 Å². The highest BCUT2D eigenvalue weighted by molar-refractivity contribution is 9.10. The van der Waals surface area contributed by atoms with Gasteiger partial charge in [-0.2, -0.15) is 0 Å². The van der Waals surface area contributed by atoms with Gasteiger partial charge in [0.1, 0.15) is 0 Å². The number of carbonyl (C=O) groups is 1. The summed E-state index contributed by atoms with van der Waals surface area (Å²) >= 11 is 8.98. The van der Waals surface area contributed by atoms with Gasteiger partial charge < -0.3 is 4.90 Å². The van der Waals surface area contributed by atoms with Gasteiger partial charge in [0.15, 0.2) is 0 Å². The lowest BCUT2D eigenvalue weighted by molar-refractivity contribution is 0.0802. The maximum atomic E-state index is 12.0. The van der Waals surface area contributed by atoms with Crippen molar-refractivity contribution in [3.8, 4) is 0 Å². The zero-order valence-corrected chi connectivity index (χ0v) is 13.5. The SMILES string of the molecule is CCN(C)C(=O)c1cc(S(=O)(=O)Cl)c(Br)cc1Cl. The van der Waals surface area contributed by atoms with Crippen LogP contribution in [-0.2, 0) is 9.05 Å². The van der Waals surface area contributed by atoms with Crippen LogP contribution in [0.25, 0.3) is 0 Å². The van der Waals surface area contributed by atoms with Gasteiger partial charge in [-0.3, -0.25) is 4.79 Å². The number of halogens is 3. The molecule has 1 rings (SSSR count). The van der Waals surface area contributed by atoms with Gasteiger partial charge in [-0.15, -0.1) is 0 Å². The summed E-state index contributed by atoms with van der Waals surface area (Å²) in [6, 6.07) is 2.51. The van der Waals surface area contributed by atoms with Gasteiger partial charge in [0.25, 0.3) is 15.0 Å². The summed E-state index contributed by atoms with van der Waals surface area (Å²) in [6.45, 7) is 2.28. The van der Waals surface area contributed by atoms with Crippen molar-refractivity contribution in [3.63, 3.8) is 0 Å². The molecule has 0 radical (unpaired) electrons. The first-order valence-electron chi connectivity index (χ1n) is 4.87. The topological polar surface area (TPSA) is 54.5 Å². The molecule has 0 bridgehead atoms. The van der Waals surface area contributed by atoms with Gasteiger partial charge in [0, 0.05) is 28.7 Å². The fourth-order valence-corrected chi connectivity index (χ4v) is 3.80. The molecule has 1 aromatic rings. The molecule has 0 aromatic heterocycles. The van der Waals surface area contributed by atoms with E-state index in [4.69, 9.17) is 22.3 Å². The molecule has 4 nitrogen and oxygen atoms in total. The van der Waals surface area contributed by atoms with Gasteiger partial charge in [-0.25, -0.2) is 8.42 Å². The minimum absolute atomic E-state index is 0.100. The van der Waals surface area contributed by atoms with Crippen molar-refractivity contribution in [2.45, 2.75) is 11.8 Å². The number of amides is 1. The molecular formula is C10H10BrCl2NO3S. The van der Waals surface area contributed by atoms with Crippen molar-refractivity contribution in [2.24, 2.45) is 0 Å². The Bertz CT molecular complexity index is 589. The standard InChI is InChI=1S/C10H10BrCl2NO3S/c1-3-14(2)10(15)6-4-9(18(13,16)17)7(11)5-8(6)12/h4-5H,3H2,1-2H3. The molecule has 0 aliphatic rings. The largest absolute Gasteiger partial charge is 0.342 e. The summed E-state index contributed by atoms with van der Waals surface area (Å²) < 4.78 is 22.9. The Morgan fingerprint density at radius 1 is 1.44 bits per heavy atom. The molecule has 1 amide bonds. The molecule has 8 heteroatoms. The molecule has 0 aliphatic carbocycles. The maximum Gasteiger partial charge on any atom is 0.262 e. The van der Waals surface area contributed by atoms with Crippen molar-refractivity contribution < 1.29 is 13.2 Å². The van der Waals surface area contributed by atoms with Gasteiger partial charge >= 0.3 is 0 Å². The fourth-order valence-electron chi connectivity index (χ4n) is 1.23. The molecule has 0 unspecified atom stereocenters. The van der Waals surface area contributed by atoms with E-state index in [1.54, 1.807) is 14.0 Å². The van der Waals surface area contributed by atoms with Crippen LogP contribution in [-0.4, -0.2) is 32.8 Å². The molecule has 0 spiro atoms. The van der Waals surface area contributed by atoms with E-state index in [0.717, 1.165) is 0 Å². The maximum absolute atomic E-state index is 12.0. The van der Waals surface area contributed by atoms with Crippen molar-refractivity contribution in [2.75, 3.05) is 13.6 Å². The summed E-state index contributed by atoms with van der Waals surface area (Å²) in [5, 5.41) is 0.163. The predicted molar refractivity (Wildman–Crippen MR) is 74.8 cm³/mol. The second-order valence-corrected chi connectivity index (χ2v) is 7.32. The summed E-state index contributed by atoms with van der Waals surface area (Å²) in [7, 11) is 2.93. The molecule has 0 aliphatic heterocycles. The highest BCUT2D eigenvalue weighted by Gasteiger charge is 2.21. The van der Waals surface area contributed by atoms with E-state index in [1.165, 1.54) is 17.0 Å². The zero-order chi connectivity index (χ0) is 14.1. The summed E-state index contributed by atoms with van der Waals surface area (Å²) in [5.74, 6) is -0.364. The molecule has 0 saturated heterocycles. The van der Waals surface area contributed by atoms with E-state index in [2.05, 4.69) is 15.9 Å². The van der Waals surface area contributed by atoms with Gasteiger partial charge in [0.05, 0.1) is 15.5 Å². The second-order valence-electron chi connectivity index (χ2n) is 3.52. The minimum atomic E-state index is -3.94. The Labute approximate surface area is 123 Å². The average molecular weight is 375 g/mol. The van der Waals surface area contributed by atoms with Crippen LogP contribution in [0.5, 0.6) is 0 Å². The van der Waals surface area contributed by atoms with E-state index in [9.17, 15) is 13.2 Å². The number of carbonyl (C=O) groups excluding carboxylic acids is 1. The third kappa shape index (κ3) is 3.38. The van der Waals surface area contributed by atoms with Gasteiger partial charge in [-0.1, -0.05) is 11.6 Å². The van der Waals surface area contributed by atoms with Crippen molar-refractivity contribution in [1.82, 2.24) is 4.90 Å².